The van der Waals surface area contributed by atoms with E-state index in [9.17, 15) is 0 Å². The van der Waals surface area contributed by atoms with Crippen LogP contribution in [-0.2, 0) is 0 Å². The van der Waals surface area contributed by atoms with Crippen LogP contribution in [0.2, 0.25) is 0 Å². The van der Waals surface area contributed by atoms with E-state index in [2.05, 4.69) is 91.0 Å². The van der Waals surface area contributed by atoms with Gasteiger partial charge in [0.1, 0.15) is 0 Å². The van der Waals surface area contributed by atoms with Crippen molar-refractivity contribution >= 4 is 31.5 Å². The van der Waals surface area contributed by atoms with Gasteiger partial charge < -0.3 is 0 Å². The number of hydrogen-bond donors (Lipinski definition) is 0. The highest BCUT2D eigenvalue weighted by Crippen LogP contribution is 2.36. The molecule has 2 heterocycles. The number of rotatable bonds is 4. The van der Waals surface area contributed by atoms with Crippen LogP contribution in [-0.4, -0.2) is 15.0 Å². The molecule has 0 aliphatic rings. The lowest BCUT2D eigenvalue weighted by atomic mass is 10.0. The molecule has 7 rings (SSSR count). The largest absolute Gasteiger partial charge is 0.208 e. The van der Waals surface area contributed by atoms with Crippen LogP contribution in [0.5, 0.6) is 0 Å². The van der Waals surface area contributed by atoms with Gasteiger partial charge in [-0.15, -0.1) is 11.3 Å². The Morgan fingerprint density at radius 3 is 1.51 bits per heavy atom. The zero-order valence-electron chi connectivity index (χ0n) is 19.9. The van der Waals surface area contributed by atoms with Crippen LogP contribution >= 0.6 is 11.3 Å². The topological polar surface area (TPSA) is 38.7 Å². The smallest absolute Gasteiger partial charge is 0.164 e. The Kier molecular flexibility index (Phi) is 5.30. The number of aromatic nitrogens is 3. The fourth-order valence-corrected chi connectivity index (χ4v) is 5.74. The van der Waals surface area contributed by atoms with Gasteiger partial charge in [0.2, 0.25) is 0 Å². The van der Waals surface area contributed by atoms with E-state index in [-0.39, 0.29) is 0 Å². The molecule has 174 valence electrons. The lowest BCUT2D eigenvalue weighted by Crippen LogP contribution is -2.00. The maximum Gasteiger partial charge on any atom is 0.164 e. The van der Waals surface area contributed by atoms with Gasteiger partial charge >= 0.3 is 0 Å². The molecule has 37 heavy (non-hydrogen) atoms. The minimum absolute atomic E-state index is 0.665. The van der Waals surface area contributed by atoms with E-state index in [0.717, 1.165) is 22.3 Å². The molecule has 0 amide bonds. The highest BCUT2D eigenvalue weighted by atomic mass is 32.1. The van der Waals surface area contributed by atoms with Crippen LogP contribution < -0.4 is 0 Å². The van der Waals surface area contributed by atoms with Crippen molar-refractivity contribution in [1.82, 2.24) is 15.0 Å². The number of fused-ring (bicyclic) bond motifs is 3. The van der Waals surface area contributed by atoms with Crippen LogP contribution in [0.15, 0.2) is 127 Å². The number of benzene rings is 5. The second-order valence-electron chi connectivity index (χ2n) is 8.92. The van der Waals surface area contributed by atoms with Crippen molar-refractivity contribution in [2.45, 2.75) is 0 Å². The maximum absolute atomic E-state index is 4.95. The number of nitrogens with zero attached hydrogens (tertiary/aromatic N) is 3. The van der Waals surface area contributed by atoms with Gasteiger partial charge in [0.05, 0.1) is 0 Å². The summed E-state index contributed by atoms with van der Waals surface area (Å²) in [6.07, 6.45) is 0. The summed E-state index contributed by atoms with van der Waals surface area (Å²) in [7, 11) is 0. The molecule has 7 aromatic rings. The highest BCUT2D eigenvalue weighted by Gasteiger charge is 2.14. The van der Waals surface area contributed by atoms with Crippen LogP contribution in [0.3, 0.4) is 0 Å². The van der Waals surface area contributed by atoms with Crippen LogP contribution in [0, 0.1) is 0 Å². The van der Waals surface area contributed by atoms with Crippen molar-refractivity contribution in [3.05, 3.63) is 127 Å². The molecule has 2 aromatic heterocycles. The summed E-state index contributed by atoms with van der Waals surface area (Å²) in [5, 5.41) is 2.49. The van der Waals surface area contributed by atoms with Gasteiger partial charge in [-0.3, -0.25) is 0 Å². The first-order valence-electron chi connectivity index (χ1n) is 12.2. The maximum atomic E-state index is 4.95. The molecule has 4 heteroatoms. The van der Waals surface area contributed by atoms with Crippen molar-refractivity contribution in [3.8, 4) is 45.3 Å². The average Bonchev–Trinajstić information content (AvgIpc) is 3.36. The van der Waals surface area contributed by atoms with Crippen molar-refractivity contribution in [3.63, 3.8) is 0 Å². The van der Waals surface area contributed by atoms with Gasteiger partial charge in [0.15, 0.2) is 17.5 Å². The zero-order valence-corrected chi connectivity index (χ0v) is 20.7. The average molecular weight is 492 g/mol. The van der Waals surface area contributed by atoms with Gasteiger partial charge in [-0.05, 0) is 35.4 Å². The van der Waals surface area contributed by atoms with E-state index in [1.807, 2.05) is 47.7 Å². The monoisotopic (exact) mass is 491 g/mol. The summed E-state index contributed by atoms with van der Waals surface area (Å²) in [5.74, 6) is 2.01. The molecule has 0 atom stereocenters. The molecule has 0 N–H and O–H groups in total. The van der Waals surface area contributed by atoms with Gasteiger partial charge in [-0.1, -0.05) is 103 Å². The fourth-order valence-electron chi connectivity index (χ4n) is 4.66. The lowest BCUT2D eigenvalue weighted by molar-refractivity contribution is 1.07. The molecule has 0 aliphatic carbocycles. The normalized spacial score (nSPS) is 11.2. The third kappa shape index (κ3) is 4.07. The standard InChI is InChI=1S/C33H21N3S/c1-3-9-22(10-4-1)23-15-17-25(18-16-23)32-34-31(24-11-5-2-6-12-24)35-33(36-32)26-19-20-30-28(21-26)27-13-7-8-14-29(27)37-30/h1-21H. The minimum atomic E-state index is 0.665. The van der Waals surface area contributed by atoms with E-state index in [1.54, 1.807) is 0 Å². The van der Waals surface area contributed by atoms with Crippen LogP contribution in [0.25, 0.3) is 65.5 Å². The van der Waals surface area contributed by atoms with Gasteiger partial charge in [0.25, 0.3) is 0 Å². The second kappa shape index (κ2) is 9.08. The Morgan fingerprint density at radius 1 is 0.351 bits per heavy atom. The number of thiophene rings is 1. The first-order valence-corrected chi connectivity index (χ1v) is 13.0. The van der Waals surface area contributed by atoms with Crippen molar-refractivity contribution in [1.29, 1.82) is 0 Å². The molecular weight excluding hydrogens is 470 g/mol. The molecule has 0 aliphatic heterocycles. The lowest BCUT2D eigenvalue weighted by Gasteiger charge is -2.09. The zero-order chi connectivity index (χ0) is 24.6. The molecule has 0 radical (unpaired) electrons. The molecule has 0 bridgehead atoms. The first kappa shape index (κ1) is 21.6. The minimum Gasteiger partial charge on any atom is -0.208 e. The van der Waals surface area contributed by atoms with Crippen molar-refractivity contribution in [2.75, 3.05) is 0 Å². The molecule has 5 aromatic carbocycles. The molecule has 0 spiro atoms. The van der Waals surface area contributed by atoms with Crippen LogP contribution in [0.4, 0.5) is 0 Å². The van der Waals surface area contributed by atoms with Crippen LogP contribution in [0.1, 0.15) is 0 Å². The van der Waals surface area contributed by atoms with Gasteiger partial charge in [-0.25, -0.2) is 15.0 Å². The Bertz CT molecular complexity index is 1860. The Hall–Kier alpha value is -4.67. The summed E-state index contributed by atoms with van der Waals surface area (Å²) >= 11 is 1.81. The molecule has 3 nitrogen and oxygen atoms in total. The Balaban J connectivity index is 1.37. The third-order valence-electron chi connectivity index (χ3n) is 6.55. The molecule has 0 fully saturated rings. The summed E-state index contributed by atoms with van der Waals surface area (Å²) in [5.41, 5.74) is 5.26. The first-order chi connectivity index (χ1) is 18.3. The number of hydrogen-bond acceptors (Lipinski definition) is 4. The predicted octanol–water partition coefficient (Wildman–Crippen LogP) is 8.91. The Morgan fingerprint density at radius 2 is 0.811 bits per heavy atom. The second-order valence-corrected chi connectivity index (χ2v) is 10.0. The summed E-state index contributed by atoms with van der Waals surface area (Å²) < 4.78 is 2.55. The van der Waals surface area contributed by atoms with E-state index >= 15 is 0 Å². The van der Waals surface area contributed by atoms with E-state index in [4.69, 9.17) is 15.0 Å². The van der Waals surface area contributed by atoms with E-state index < -0.39 is 0 Å². The summed E-state index contributed by atoms with van der Waals surface area (Å²) in [6.45, 7) is 0. The Labute approximate surface area is 218 Å². The van der Waals surface area contributed by atoms with Gasteiger partial charge in [0, 0.05) is 36.9 Å². The van der Waals surface area contributed by atoms with E-state index in [1.165, 1.54) is 25.7 Å². The van der Waals surface area contributed by atoms with Crippen molar-refractivity contribution in [2.24, 2.45) is 0 Å². The molecule has 0 saturated carbocycles. The molecule has 0 saturated heterocycles. The fraction of sp³-hybridized carbons (Fsp3) is 0. The van der Waals surface area contributed by atoms with Crippen molar-refractivity contribution < 1.29 is 0 Å². The summed E-state index contributed by atoms with van der Waals surface area (Å²) in [4.78, 5) is 14.8. The predicted molar refractivity (Wildman–Crippen MR) is 154 cm³/mol. The molecular formula is C33H21N3S. The van der Waals surface area contributed by atoms with E-state index in [0.29, 0.717) is 17.5 Å². The van der Waals surface area contributed by atoms with Gasteiger partial charge in [-0.2, -0.15) is 0 Å². The highest BCUT2D eigenvalue weighted by molar-refractivity contribution is 7.25. The summed E-state index contributed by atoms with van der Waals surface area (Å²) in [6, 6.07) is 44.0. The third-order valence-corrected chi connectivity index (χ3v) is 7.70. The quantitative estimate of drug-likeness (QED) is 0.247. The molecule has 0 unspecified atom stereocenters. The SMILES string of the molecule is c1ccc(-c2ccc(-c3nc(-c4ccccc4)nc(-c4ccc5sc6ccccc6c5c4)n3)cc2)cc1.